The van der Waals surface area contributed by atoms with Gasteiger partial charge < -0.3 is 5.73 Å². The molecular weight excluding hydrogens is 166 g/mol. The summed E-state index contributed by atoms with van der Waals surface area (Å²) >= 11 is 0. The van der Waals surface area contributed by atoms with Crippen LogP contribution in [0.1, 0.15) is 16.1 Å². The number of nitrogen functional groups attached to an aromatic ring is 1. The molecule has 0 atom stereocenters. The highest BCUT2D eigenvalue weighted by Gasteiger charge is 2.04. The van der Waals surface area contributed by atoms with Crippen molar-refractivity contribution in [2.75, 3.05) is 5.73 Å². The van der Waals surface area contributed by atoms with E-state index in [9.17, 15) is 4.79 Å². The molecule has 0 aromatic carbocycles. The number of aromatic nitrogens is 2. The van der Waals surface area contributed by atoms with Gasteiger partial charge in [-0.3, -0.25) is 9.20 Å². The molecule has 0 radical (unpaired) electrons. The largest absolute Gasteiger partial charge is 0.383 e. The van der Waals surface area contributed by atoms with E-state index in [4.69, 9.17) is 5.73 Å². The first-order valence-electron chi connectivity index (χ1n) is 3.92. The SMILES string of the molecule is Cc1nc2ccc(C=O)cn2c1N. The highest BCUT2D eigenvalue weighted by molar-refractivity contribution is 5.75. The van der Waals surface area contributed by atoms with Crippen molar-refractivity contribution in [3.63, 3.8) is 0 Å². The van der Waals surface area contributed by atoms with Crippen LogP contribution in [0.3, 0.4) is 0 Å². The zero-order chi connectivity index (χ0) is 9.42. The first-order valence-corrected chi connectivity index (χ1v) is 3.92. The molecule has 0 fully saturated rings. The zero-order valence-electron chi connectivity index (χ0n) is 7.19. The van der Waals surface area contributed by atoms with Crippen LogP contribution >= 0.6 is 0 Å². The number of nitrogens with zero attached hydrogens (tertiary/aromatic N) is 2. The molecule has 2 N–H and O–H groups in total. The lowest BCUT2D eigenvalue weighted by molar-refractivity contribution is 0.112. The number of nitrogens with two attached hydrogens (primary N) is 1. The van der Waals surface area contributed by atoms with Crippen LogP contribution in [0.5, 0.6) is 0 Å². The lowest BCUT2D eigenvalue weighted by Crippen LogP contribution is -1.95. The minimum absolute atomic E-state index is 0.582. The van der Waals surface area contributed by atoms with E-state index in [1.807, 2.05) is 6.92 Å². The van der Waals surface area contributed by atoms with Crippen LogP contribution in [-0.4, -0.2) is 15.7 Å². The van der Waals surface area contributed by atoms with Crippen molar-refractivity contribution in [3.8, 4) is 0 Å². The number of hydrogen-bond acceptors (Lipinski definition) is 3. The highest BCUT2D eigenvalue weighted by atomic mass is 16.1. The number of rotatable bonds is 1. The molecule has 4 nitrogen and oxygen atoms in total. The number of carbonyl (C=O) groups is 1. The predicted molar refractivity (Wildman–Crippen MR) is 49.7 cm³/mol. The van der Waals surface area contributed by atoms with Gasteiger partial charge in [0.25, 0.3) is 0 Å². The second-order valence-corrected chi connectivity index (χ2v) is 2.89. The molecule has 0 aliphatic carbocycles. The molecular formula is C9H9N3O. The van der Waals surface area contributed by atoms with Gasteiger partial charge in [-0.15, -0.1) is 0 Å². The number of anilines is 1. The van der Waals surface area contributed by atoms with Crippen LogP contribution < -0.4 is 5.73 Å². The number of aldehydes is 1. The molecule has 0 amide bonds. The van der Waals surface area contributed by atoms with E-state index in [0.29, 0.717) is 11.4 Å². The number of imidazole rings is 1. The monoisotopic (exact) mass is 175 g/mol. The molecule has 0 aliphatic rings. The lowest BCUT2D eigenvalue weighted by Gasteiger charge is -1.96. The van der Waals surface area contributed by atoms with Crippen molar-refractivity contribution in [1.29, 1.82) is 0 Å². The summed E-state index contributed by atoms with van der Waals surface area (Å²) in [5, 5.41) is 0. The van der Waals surface area contributed by atoms with Crippen molar-refractivity contribution >= 4 is 17.8 Å². The van der Waals surface area contributed by atoms with Crippen LogP contribution in [-0.2, 0) is 0 Å². The third kappa shape index (κ3) is 1.07. The first-order chi connectivity index (χ1) is 6.22. The Kier molecular flexibility index (Phi) is 1.55. The molecule has 0 saturated heterocycles. The molecule has 2 aromatic heterocycles. The molecule has 0 unspecified atom stereocenters. The van der Waals surface area contributed by atoms with E-state index >= 15 is 0 Å². The predicted octanol–water partition coefficient (Wildman–Crippen LogP) is 1.04. The van der Waals surface area contributed by atoms with E-state index < -0.39 is 0 Å². The zero-order valence-corrected chi connectivity index (χ0v) is 7.19. The van der Waals surface area contributed by atoms with Crippen LogP contribution in [0.25, 0.3) is 5.65 Å². The van der Waals surface area contributed by atoms with Crippen molar-refractivity contribution in [2.24, 2.45) is 0 Å². The van der Waals surface area contributed by atoms with Gasteiger partial charge in [0.1, 0.15) is 11.5 Å². The summed E-state index contributed by atoms with van der Waals surface area (Å²) in [6.45, 7) is 1.84. The number of pyridine rings is 1. The summed E-state index contributed by atoms with van der Waals surface area (Å²) in [5.74, 6) is 0.582. The summed E-state index contributed by atoms with van der Waals surface area (Å²) in [7, 11) is 0. The maximum atomic E-state index is 10.5. The molecule has 0 saturated carbocycles. The van der Waals surface area contributed by atoms with Crippen LogP contribution in [0, 0.1) is 6.92 Å². The molecule has 4 heteroatoms. The second kappa shape index (κ2) is 2.58. The Labute approximate surface area is 75.0 Å². The highest BCUT2D eigenvalue weighted by Crippen LogP contribution is 2.13. The van der Waals surface area contributed by atoms with E-state index in [0.717, 1.165) is 17.6 Å². The number of hydrogen-bond donors (Lipinski definition) is 1. The third-order valence-corrected chi connectivity index (χ3v) is 2.00. The fourth-order valence-corrected chi connectivity index (χ4v) is 1.27. The minimum Gasteiger partial charge on any atom is -0.383 e. The van der Waals surface area contributed by atoms with Crippen molar-refractivity contribution < 1.29 is 4.79 Å². The number of aryl methyl sites for hydroxylation is 1. The van der Waals surface area contributed by atoms with Gasteiger partial charge >= 0.3 is 0 Å². The molecule has 0 aliphatic heterocycles. The number of fused-ring (bicyclic) bond motifs is 1. The van der Waals surface area contributed by atoms with Gasteiger partial charge in [0.2, 0.25) is 0 Å². The van der Waals surface area contributed by atoms with Gasteiger partial charge in [0.15, 0.2) is 6.29 Å². The molecule has 2 rings (SSSR count). The molecule has 2 aromatic rings. The Hall–Kier alpha value is -1.84. The number of carbonyl (C=O) groups excluding carboxylic acids is 1. The first kappa shape index (κ1) is 7.79. The van der Waals surface area contributed by atoms with Gasteiger partial charge in [-0.05, 0) is 19.1 Å². The van der Waals surface area contributed by atoms with E-state index in [2.05, 4.69) is 4.98 Å². The van der Waals surface area contributed by atoms with Gasteiger partial charge in [-0.2, -0.15) is 0 Å². The summed E-state index contributed by atoms with van der Waals surface area (Å²) in [4.78, 5) is 14.7. The Morgan fingerprint density at radius 2 is 2.31 bits per heavy atom. The van der Waals surface area contributed by atoms with Gasteiger partial charge in [0, 0.05) is 11.8 Å². The minimum atomic E-state index is 0.582. The fraction of sp³-hybridized carbons (Fsp3) is 0.111. The van der Waals surface area contributed by atoms with Gasteiger partial charge in [-0.1, -0.05) is 0 Å². The summed E-state index contributed by atoms with van der Waals surface area (Å²) in [6.07, 6.45) is 2.46. The van der Waals surface area contributed by atoms with Gasteiger partial charge in [-0.25, -0.2) is 4.98 Å². The Bertz CT molecular complexity index is 473. The molecule has 66 valence electrons. The quantitative estimate of drug-likeness (QED) is 0.658. The second-order valence-electron chi connectivity index (χ2n) is 2.89. The van der Waals surface area contributed by atoms with E-state index in [-0.39, 0.29) is 0 Å². The maximum Gasteiger partial charge on any atom is 0.151 e. The van der Waals surface area contributed by atoms with E-state index in [1.165, 1.54) is 0 Å². The summed E-state index contributed by atoms with van der Waals surface area (Å²) in [5.41, 5.74) is 7.89. The van der Waals surface area contributed by atoms with Crippen molar-refractivity contribution in [3.05, 3.63) is 29.6 Å². The lowest BCUT2D eigenvalue weighted by atomic mass is 10.3. The smallest absolute Gasteiger partial charge is 0.151 e. The standard InChI is InChI=1S/C9H9N3O/c1-6-9(10)12-4-7(5-13)2-3-8(12)11-6/h2-5H,10H2,1H3. The Balaban J connectivity index is 2.81. The fourth-order valence-electron chi connectivity index (χ4n) is 1.27. The summed E-state index contributed by atoms with van der Waals surface area (Å²) in [6, 6.07) is 3.49. The molecule has 2 heterocycles. The molecule has 13 heavy (non-hydrogen) atoms. The Morgan fingerprint density at radius 3 is 3.00 bits per heavy atom. The summed E-state index contributed by atoms with van der Waals surface area (Å²) < 4.78 is 1.71. The normalized spacial score (nSPS) is 10.5. The molecule has 0 spiro atoms. The van der Waals surface area contributed by atoms with Crippen LogP contribution in [0.15, 0.2) is 18.3 Å². The maximum absolute atomic E-state index is 10.5. The average Bonchev–Trinajstić information content (AvgIpc) is 2.43. The van der Waals surface area contributed by atoms with Crippen molar-refractivity contribution in [2.45, 2.75) is 6.92 Å². The topological polar surface area (TPSA) is 60.4 Å². The van der Waals surface area contributed by atoms with Crippen molar-refractivity contribution in [1.82, 2.24) is 9.38 Å². The van der Waals surface area contributed by atoms with Crippen LogP contribution in [0.2, 0.25) is 0 Å². The van der Waals surface area contributed by atoms with Crippen LogP contribution in [0.4, 0.5) is 5.82 Å². The molecule has 0 bridgehead atoms. The average molecular weight is 175 g/mol. The van der Waals surface area contributed by atoms with E-state index in [1.54, 1.807) is 22.7 Å². The third-order valence-electron chi connectivity index (χ3n) is 2.00. The Morgan fingerprint density at radius 1 is 1.54 bits per heavy atom. The van der Waals surface area contributed by atoms with Gasteiger partial charge in [0.05, 0.1) is 5.69 Å².